The lowest BCUT2D eigenvalue weighted by atomic mass is 10.2. The molecule has 1 aromatic rings. The van der Waals surface area contributed by atoms with Crippen molar-refractivity contribution < 1.29 is 9.47 Å². The van der Waals surface area contributed by atoms with Gasteiger partial charge in [-0.3, -0.25) is 0 Å². The highest BCUT2D eigenvalue weighted by atomic mass is 79.9. The van der Waals surface area contributed by atoms with Crippen molar-refractivity contribution in [3.63, 3.8) is 0 Å². The molecule has 0 aliphatic rings. The van der Waals surface area contributed by atoms with Crippen molar-refractivity contribution in [1.29, 1.82) is 0 Å². The molecule has 0 radical (unpaired) electrons. The fraction of sp³-hybridized carbons (Fsp3) is 0.556. The zero-order chi connectivity index (χ0) is 10.6. The van der Waals surface area contributed by atoms with Gasteiger partial charge in [0.2, 0.25) is 0 Å². The largest absolute Gasteiger partial charge is 0.354 e. The Morgan fingerprint density at radius 2 is 2.07 bits per heavy atom. The minimum Gasteiger partial charge on any atom is -0.354 e. The quantitative estimate of drug-likeness (QED) is 0.840. The highest BCUT2D eigenvalue weighted by Crippen LogP contribution is 2.31. The number of nitrogens with one attached hydrogen (secondary N) is 1. The first-order valence-electron chi connectivity index (χ1n) is 4.20. The number of hydrogen-bond donors (Lipinski definition) is 1. The topological polar surface area (TPSA) is 30.5 Å². The second kappa shape index (κ2) is 5.82. The molecule has 14 heavy (non-hydrogen) atoms. The van der Waals surface area contributed by atoms with Crippen LogP contribution >= 0.6 is 27.3 Å². The average Bonchev–Trinajstić information content (AvgIpc) is 2.61. The van der Waals surface area contributed by atoms with Crippen LogP contribution in [0.2, 0.25) is 0 Å². The van der Waals surface area contributed by atoms with Gasteiger partial charge in [-0.1, -0.05) is 0 Å². The van der Waals surface area contributed by atoms with Gasteiger partial charge in [-0.05, 0) is 34.4 Å². The van der Waals surface area contributed by atoms with E-state index < -0.39 is 0 Å². The minimum atomic E-state index is -0.269. The van der Waals surface area contributed by atoms with Crippen LogP contribution in [0, 0.1) is 0 Å². The molecule has 0 saturated carbocycles. The van der Waals surface area contributed by atoms with Crippen molar-refractivity contribution in [2.24, 2.45) is 0 Å². The number of methoxy groups -OCH3 is 2. The second-order valence-electron chi connectivity index (χ2n) is 2.74. The Labute approximate surface area is 96.5 Å². The van der Waals surface area contributed by atoms with Crippen molar-refractivity contribution in [2.45, 2.75) is 12.3 Å². The zero-order valence-electron chi connectivity index (χ0n) is 8.41. The zero-order valence-corrected chi connectivity index (χ0v) is 10.8. The summed E-state index contributed by atoms with van der Waals surface area (Å²) in [4.78, 5) is 1.18. The van der Waals surface area contributed by atoms with Crippen LogP contribution in [-0.4, -0.2) is 27.6 Å². The number of likely N-dealkylation sites (N-methyl/N-ethyl adjacent to an activating group) is 1. The maximum atomic E-state index is 5.23. The Balaban J connectivity index is 2.86. The fourth-order valence-electron chi connectivity index (χ4n) is 1.29. The van der Waals surface area contributed by atoms with Crippen LogP contribution in [-0.2, 0) is 9.47 Å². The van der Waals surface area contributed by atoms with Gasteiger partial charge in [0.05, 0.1) is 6.04 Å². The van der Waals surface area contributed by atoms with Gasteiger partial charge in [-0.15, -0.1) is 11.3 Å². The Morgan fingerprint density at radius 1 is 1.43 bits per heavy atom. The van der Waals surface area contributed by atoms with Crippen LogP contribution < -0.4 is 5.32 Å². The number of thiophene rings is 1. The summed E-state index contributed by atoms with van der Waals surface area (Å²) in [6.07, 6.45) is -0.269. The van der Waals surface area contributed by atoms with E-state index in [2.05, 4.69) is 21.2 Å². The van der Waals surface area contributed by atoms with E-state index in [1.165, 1.54) is 4.88 Å². The SMILES string of the molecule is CNC(c1sccc1Br)C(OC)OC. The maximum absolute atomic E-state index is 5.23. The average molecular weight is 280 g/mol. The smallest absolute Gasteiger partial charge is 0.177 e. The van der Waals surface area contributed by atoms with E-state index in [-0.39, 0.29) is 12.3 Å². The molecule has 5 heteroatoms. The summed E-state index contributed by atoms with van der Waals surface area (Å²) in [5.41, 5.74) is 0. The van der Waals surface area contributed by atoms with Crippen molar-refractivity contribution >= 4 is 27.3 Å². The summed E-state index contributed by atoms with van der Waals surface area (Å²) in [7, 11) is 5.17. The van der Waals surface area contributed by atoms with Gasteiger partial charge < -0.3 is 14.8 Å². The van der Waals surface area contributed by atoms with Crippen LogP contribution in [0.25, 0.3) is 0 Å². The van der Waals surface area contributed by atoms with Crippen molar-refractivity contribution in [2.75, 3.05) is 21.3 Å². The third-order valence-corrected chi connectivity index (χ3v) is 3.93. The van der Waals surface area contributed by atoms with E-state index in [1.54, 1.807) is 25.6 Å². The van der Waals surface area contributed by atoms with Crippen LogP contribution in [0.3, 0.4) is 0 Å². The Bertz CT molecular complexity index is 276. The van der Waals surface area contributed by atoms with E-state index in [9.17, 15) is 0 Å². The molecule has 0 bridgehead atoms. The first-order valence-corrected chi connectivity index (χ1v) is 5.87. The molecule has 1 unspecified atom stereocenters. The molecule has 0 spiro atoms. The van der Waals surface area contributed by atoms with Crippen LogP contribution in [0.4, 0.5) is 0 Å². The van der Waals surface area contributed by atoms with E-state index in [0.717, 1.165) is 4.47 Å². The van der Waals surface area contributed by atoms with Crippen LogP contribution in [0.1, 0.15) is 10.9 Å². The van der Waals surface area contributed by atoms with Crippen molar-refractivity contribution in [3.8, 4) is 0 Å². The number of rotatable bonds is 5. The first-order chi connectivity index (χ1) is 6.74. The summed E-state index contributed by atoms with van der Waals surface area (Å²) in [6.45, 7) is 0. The van der Waals surface area contributed by atoms with E-state index >= 15 is 0 Å². The first kappa shape index (κ1) is 12.1. The standard InChI is InChI=1S/C9H14BrNO2S/c1-11-7(9(12-2)13-3)8-6(10)4-5-14-8/h4-5,7,9,11H,1-3H3. The predicted octanol–water partition coefficient (Wildman–Crippen LogP) is 2.39. The third kappa shape index (κ3) is 2.55. The highest BCUT2D eigenvalue weighted by Gasteiger charge is 2.23. The monoisotopic (exact) mass is 279 g/mol. The van der Waals surface area contributed by atoms with Gasteiger partial charge in [0.15, 0.2) is 6.29 Å². The van der Waals surface area contributed by atoms with Gasteiger partial charge in [0.25, 0.3) is 0 Å². The third-order valence-electron chi connectivity index (χ3n) is 1.98. The molecule has 1 aromatic heterocycles. The Kier molecular flexibility index (Phi) is 5.05. The number of hydrogen-bond acceptors (Lipinski definition) is 4. The molecule has 3 nitrogen and oxygen atoms in total. The molecule has 80 valence electrons. The molecular formula is C9H14BrNO2S. The highest BCUT2D eigenvalue weighted by molar-refractivity contribution is 9.10. The van der Waals surface area contributed by atoms with Gasteiger partial charge in [-0.2, -0.15) is 0 Å². The molecule has 0 fully saturated rings. The van der Waals surface area contributed by atoms with Crippen molar-refractivity contribution in [1.82, 2.24) is 5.32 Å². The van der Waals surface area contributed by atoms with Crippen LogP contribution in [0.15, 0.2) is 15.9 Å². The van der Waals surface area contributed by atoms with E-state index in [1.807, 2.05) is 18.5 Å². The summed E-state index contributed by atoms with van der Waals surface area (Å²) >= 11 is 5.17. The molecule has 1 N–H and O–H groups in total. The molecule has 0 amide bonds. The summed E-state index contributed by atoms with van der Waals surface area (Å²) < 4.78 is 11.5. The lowest BCUT2D eigenvalue weighted by Crippen LogP contribution is -2.31. The predicted molar refractivity (Wildman–Crippen MR) is 61.6 cm³/mol. The minimum absolute atomic E-state index is 0.0550. The summed E-state index contributed by atoms with van der Waals surface area (Å²) in [6, 6.07) is 2.08. The lowest BCUT2D eigenvalue weighted by Gasteiger charge is -2.23. The van der Waals surface area contributed by atoms with Gasteiger partial charge in [0.1, 0.15) is 0 Å². The second-order valence-corrected chi connectivity index (χ2v) is 4.54. The number of halogens is 1. The molecule has 1 atom stereocenters. The molecule has 0 aliphatic carbocycles. The van der Waals surface area contributed by atoms with Gasteiger partial charge >= 0.3 is 0 Å². The van der Waals surface area contributed by atoms with E-state index in [0.29, 0.717) is 0 Å². The molecule has 0 aliphatic heterocycles. The Hall–Kier alpha value is 0.0600. The molecule has 0 saturated heterocycles. The summed E-state index contributed by atoms with van der Waals surface area (Å²) in [5.74, 6) is 0. The molecule has 1 rings (SSSR count). The normalized spacial score (nSPS) is 13.5. The molecule has 1 heterocycles. The van der Waals surface area contributed by atoms with Crippen molar-refractivity contribution in [3.05, 3.63) is 20.8 Å². The maximum Gasteiger partial charge on any atom is 0.177 e. The molecular weight excluding hydrogens is 266 g/mol. The molecule has 0 aromatic carbocycles. The van der Waals surface area contributed by atoms with Gasteiger partial charge in [0, 0.05) is 23.6 Å². The Morgan fingerprint density at radius 3 is 2.43 bits per heavy atom. The fourth-order valence-corrected chi connectivity index (χ4v) is 3.03. The van der Waals surface area contributed by atoms with Crippen LogP contribution in [0.5, 0.6) is 0 Å². The van der Waals surface area contributed by atoms with Gasteiger partial charge in [-0.25, -0.2) is 0 Å². The summed E-state index contributed by atoms with van der Waals surface area (Å²) in [5, 5.41) is 5.21. The van der Waals surface area contributed by atoms with E-state index in [4.69, 9.17) is 9.47 Å². The number of ether oxygens (including phenoxy) is 2. The lowest BCUT2D eigenvalue weighted by molar-refractivity contribution is -0.122.